The van der Waals surface area contributed by atoms with E-state index in [-0.39, 0.29) is 6.03 Å². The van der Waals surface area contributed by atoms with Crippen LogP contribution in [0.25, 0.3) is 22.3 Å². The van der Waals surface area contributed by atoms with Crippen LogP contribution in [0.15, 0.2) is 36.7 Å². The van der Waals surface area contributed by atoms with Crippen molar-refractivity contribution in [1.82, 2.24) is 19.7 Å². The molecule has 3 heterocycles. The molecule has 0 aliphatic carbocycles. The fourth-order valence-corrected chi connectivity index (χ4v) is 3.37. The summed E-state index contributed by atoms with van der Waals surface area (Å²) in [5.74, 6) is 0.870. The first-order valence-corrected chi connectivity index (χ1v) is 9.35. The zero-order valence-electron chi connectivity index (χ0n) is 17.1. The van der Waals surface area contributed by atoms with Crippen LogP contribution in [0.1, 0.15) is 22.4 Å². The third kappa shape index (κ3) is 3.35. The molecule has 148 valence electrons. The standard InChI is InChI=1S/C22H23N5O2/c1-12-11-27(26-15(12)4)22(28)24-17-8-16-9-19(25-21(16)23-10-17)18-6-7-20(29-5)14(3)13(18)2/h6-11H,1-5H3,(H,23,25)(H,24,28). The predicted octanol–water partition coefficient (Wildman–Crippen LogP) is 4.75. The molecule has 7 nitrogen and oxygen atoms in total. The number of aromatic nitrogens is 4. The number of H-pyrrole nitrogens is 1. The first-order chi connectivity index (χ1) is 13.9. The van der Waals surface area contributed by atoms with E-state index in [1.165, 1.54) is 4.68 Å². The van der Waals surface area contributed by atoms with Crippen LogP contribution < -0.4 is 10.1 Å². The van der Waals surface area contributed by atoms with E-state index >= 15 is 0 Å². The van der Waals surface area contributed by atoms with Crippen LogP contribution in [0.4, 0.5) is 10.5 Å². The molecule has 3 aromatic heterocycles. The smallest absolute Gasteiger partial charge is 0.346 e. The minimum atomic E-state index is -0.320. The molecule has 0 spiro atoms. The highest BCUT2D eigenvalue weighted by atomic mass is 16.5. The molecule has 2 N–H and O–H groups in total. The first-order valence-electron chi connectivity index (χ1n) is 9.35. The number of fused-ring (bicyclic) bond motifs is 1. The van der Waals surface area contributed by atoms with Crippen molar-refractivity contribution < 1.29 is 9.53 Å². The average Bonchev–Trinajstić information content (AvgIpc) is 3.26. The highest BCUT2D eigenvalue weighted by molar-refractivity contribution is 5.93. The highest BCUT2D eigenvalue weighted by Gasteiger charge is 2.13. The number of benzene rings is 1. The molecule has 1 aromatic carbocycles. The normalized spacial score (nSPS) is 11.1. The SMILES string of the molecule is COc1ccc(-c2cc3cc(NC(=O)n4cc(C)c(C)n4)cnc3[nH]2)c(C)c1C. The van der Waals surface area contributed by atoms with Crippen molar-refractivity contribution in [2.45, 2.75) is 27.7 Å². The van der Waals surface area contributed by atoms with Gasteiger partial charge in [-0.3, -0.25) is 0 Å². The maximum absolute atomic E-state index is 12.4. The van der Waals surface area contributed by atoms with E-state index in [1.807, 2.05) is 45.0 Å². The number of nitrogens with one attached hydrogen (secondary N) is 2. The molecule has 4 rings (SSSR count). The largest absolute Gasteiger partial charge is 0.496 e. The molecule has 0 atom stereocenters. The zero-order chi connectivity index (χ0) is 20.7. The van der Waals surface area contributed by atoms with Crippen molar-refractivity contribution >= 4 is 22.8 Å². The molecule has 0 bridgehead atoms. The summed E-state index contributed by atoms with van der Waals surface area (Å²) < 4.78 is 6.71. The van der Waals surface area contributed by atoms with Crippen LogP contribution in [0.5, 0.6) is 5.75 Å². The van der Waals surface area contributed by atoms with Crippen LogP contribution in [0.2, 0.25) is 0 Å². The Morgan fingerprint density at radius 3 is 2.62 bits per heavy atom. The molecule has 0 fully saturated rings. The lowest BCUT2D eigenvalue weighted by atomic mass is 10.00. The number of nitrogens with zero attached hydrogens (tertiary/aromatic N) is 3. The number of pyridine rings is 1. The van der Waals surface area contributed by atoms with Crippen molar-refractivity contribution in [2.24, 2.45) is 0 Å². The minimum absolute atomic E-state index is 0.320. The van der Waals surface area contributed by atoms with Gasteiger partial charge >= 0.3 is 6.03 Å². The maximum atomic E-state index is 12.4. The number of aryl methyl sites for hydroxylation is 2. The number of carbonyl (C=O) groups is 1. The van der Waals surface area contributed by atoms with Crippen molar-refractivity contribution in [2.75, 3.05) is 12.4 Å². The summed E-state index contributed by atoms with van der Waals surface area (Å²) in [5.41, 5.74) is 7.48. The third-order valence-corrected chi connectivity index (χ3v) is 5.32. The second-order valence-electron chi connectivity index (χ2n) is 7.18. The monoisotopic (exact) mass is 389 g/mol. The predicted molar refractivity (Wildman–Crippen MR) is 114 cm³/mol. The molecule has 0 unspecified atom stereocenters. The van der Waals surface area contributed by atoms with Gasteiger partial charge in [0.05, 0.1) is 24.7 Å². The number of hydrogen-bond acceptors (Lipinski definition) is 4. The van der Waals surface area contributed by atoms with Gasteiger partial charge in [-0.2, -0.15) is 9.78 Å². The number of rotatable bonds is 3. The average molecular weight is 389 g/mol. The van der Waals surface area contributed by atoms with Gasteiger partial charge in [0.15, 0.2) is 0 Å². The van der Waals surface area contributed by atoms with Crippen molar-refractivity contribution in [3.8, 4) is 17.0 Å². The van der Waals surface area contributed by atoms with Gasteiger partial charge in [-0.1, -0.05) is 0 Å². The van der Waals surface area contributed by atoms with Crippen molar-refractivity contribution in [1.29, 1.82) is 0 Å². The molecular formula is C22H23N5O2. The summed E-state index contributed by atoms with van der Waals surface area (Å²) in [7, 11) is 1.68. The Hall–Kier alpha value is -3.61. The Balaban J connectivity index is 1.64. The Labute approximate surface area is 168 Å². The van der Waals surface area contributed by atoms with Gasteiger partial charge in [-0.15, -0.1) is 0 Å². The first kappa shape index (κ1) is 18.7. The van der Waals surface area contributed by atoms with E-state index in [0.717, 1.165) is 50.4 Å². The van der Waals surface area contributed by atoms with Crippen LogP contribution in [-0.2, 0) is 0 Å². The number of amides is 1. The number of carbonyl (C=O) groups excluding carboxylic acids is 1. The molecule has 4 aromatic rings. The van der Waals surface area contributed by atoms with Crippen LogP contribution in [0.3, 0.4) is 0 Å². The van der Waals surface area contributed by atoms with Gasteiger partial charge in [0, 0.05) is 22.8 Å². The lowest BCUT2D eigenvalue weighted by Crippen LogP contribution is -2.20. The summed E-state index contributed by atoms with van der Waals surface area (Å²) >= 11 is 0. The lowest BCUT2D eigenvalue weighted by Gasteiger charge is -2.11. The fourth-order valence-electron chi connectivity index (χ4n) is 3.37. The Bertz CT molecular complexity index is 1220. The third-order valence-electron chi connectivity index (χ3n) is 5.32. The topological polar surface area (TPSA) is 84.8 Å². The molecule has 0 aliphatic rings. The summed E-state index contributed by atoms with van der Waals surface area (Å²) in [6.45, 7) is 7.91. The van der Waals surface area contributed by atoms with Crippen LogP contribution >= 0.6 is 0 Å². The molecule has 1 amide bonds. The fraction of sp³-hybridized carbons (Fsp3) is 0.227. The molecular weight excluding hydrogens is 366 g/mol. The molecule has 0 saturated heterocycles. The van der Waals surface area contributed by atoms with E-state index in [0.29, 0.717) is 5.69 Å². The molecule has 0 radical (unpaired) electrons. The van der Waals surface area contributed by atoms with E-state index in [4.69, 9.17) is 4.74 Å². The number of aromatic amines is 1. The Morgan fingerprint density at radius 1 is 1.14 bits per heavy atom. The van der Waals surface area contributed by atoms with E-state index in [9.17, 15) is 4.79 Å². The Kier molecular flexibility index (Phi) is 4.58. The highest BCUT2D eigenvalue weighted by Crippen LogP contribution is 2.32. The van der Waals surface area contributed by atoms with Gasteiger partial charge < -0.3 is 15.0 Å². The number of methoxy groups -OCH3 is 1. The second kappa shape index (κ2) is 7.09. The Morgan fingerprint density at radius 2 is 1.93 bits per heavy atom. The number of anilines is 1. The molecule has 0 saturated carbocycles. The zero-order valence-corrected chi connectivity index (χ0v) is 17.1. The van der Waals surface area contributed by atoms with E-state index < -0.39 is 0 Å². The number of hydrogen-bond donors (Lipinski definition) is 2. The van der Waals surface area contributed by atoms with E-state index in [1.54, 1.807) is 19.5 Å². The van der Waals surface area contributed by atoms with Crippen LogP contribution in [0, 0.1) is 27.7 Å². The van der Waals surface area contributed by atoms with Gasteiger partial charge in [-0.25, -0.2) is 9.78 Å². The van der Waals surface area contributed by atoms with E-state index in [2.05, 4.69) is 27.3 Å². The van der Waals surface area contributed by atoms with Gasteiger partial charge in [0.1, 0.15) is 11.4 Å². The van der Waals surface area contributed by atoms with Gasteiger partial charge in [0.25, 0.3) is 0 Å². The van der Waals surface area contributed by atoms with Crippen LogP contribution in [-0.4, -0.2) is 32.9 Å². The molecule has 29 heavy (non-hydrogen) atoms. The summed E-state index contributed by atoms with van der Waals surface area (Å²) in [6, 6.07) is 7.62. The molecule has 0 aliphatic heterocycles. The van der Waals surface area contributed by atoms with Gasteiger partial charge in [-0.05, 0) is 68.7 Å². The quantitative estimate of drug-likeness (QED) is 0.530. The van der Waals surface area contributed by atoms with Gasteiger partial charge in [0.2, 0.25) is 0 Å². The van der Waals surface area contributed by atoms with Crippen molar-refractivity contribution in [3.63, 3.8) is 0 Å². The van der Waals surface area contributed by atoms with Crippen molar-refractivity contribution in [3.05, 3.63) is 59.0 Å². The molecule has 7 heteroatoms. The summed E-state index contributed by atoms with van der Waals surface area (Å²) in [5, 5.41) is 7.97. The second-order valence-corrected chi connectivity index (χ2v) is 7.18. The summed E-state index contributed by atoms with van der Waals surface area (Å²) in [6.07, 6.45) is 3.34. The summed E-state index contributed by atoms with van der Waals surface area (Å²) in [4.78, 5) is 20.2. The lowest BCUT2D eigenvalue weighted by molar-refractivity contribution is 0.251. The maximum Gasteiger partial charge on any atom is 0.346 e. The minimum Gasteiger partial charge on any atom is -0.496 e. The number of ether oxygens (including phenoxy) is 1.